The molecule has 0 bridgehead atoms. The fourth-order valence-electron chi connectivity index (χ4n) is 3.66. The predicted octanol–water partition coefficient (Wildman–Crippen LogP) is 4.00. The van der Waals surface area contributed by atoms with Crippen molar-refractivity contribution in [2.24, 2.45) is 0 Å². The zero-order valence-electron chi connectivity index (χ0n) is 15.9. The van der Waals surface area contributed by atoms with Crippen LogP contribution in [0.3, 0.4) is 0 Å². The van der Waals surface area contributed by atoms with Gasteiger partial charge in [0.1, 0.15) is 17.0 Å². The first-order valence-electron chi connectivity index (χ1n) is 9.12. The van der Waals surface area contributed by atoms with Gasteiger partial charge in [-0.1, -0.05) is 11.6 Å². The lowest BCUT2D eigenvalue weighted by Crippen LogP contribution is -2.41. The number of thiophene rings is 1. The summed E-state index contributed by atoms with van der Waals surface area (Å²) < 4.78 is 0. The molecule has 8 nitrogen and oxygen atoms in total. The van der Waals surface area contributed by atoms with Gasteiger partial charge < -0.3 is 15.1 Å². The molecule has 1 aliphatic heterocycles. The number of hydrogen-bond acceptors (Lipinski definition) is 6. The number of carbonyl (C=O) groups is 1. The van der Waals surface area contributed by atoms with E-state index in [1.54, 1.807) is 42.9 Å². The van der Waals surface area contributed by atoms with E-state index in [1.807, 2.05) is 17.0 Å². The highest BCUT2D eigenvalue weighted by molar-refractivity contribution is 7.19. The Morgan fingerprint density at radius 2 is 2.21 bits per heavy atom. The van der Waals surface area contributed by atoms with Crippen molar-refractivity contribution in [3.63, 3.8) is 0 Å². The molecule has 3 aromatic heterocycles. The molecule has 0 unspecified atom stereocenters. The first-order valence-corrected chi connectivity index (χ1v) is 10.3. The second-order valence-corrected chi connectivity index (χ2v) is 8.66. The average Bonchev–Trinajstić information content (AvgIpc) is 3.30. The first-order chi connectivity index (χ1) is 14.0. The molecule has 2 amide bonds. The van der Waals surface area contributed by atoms with Gasteiger partial charge in [0.05, 0.1) is 34.4 Å². The maximum absolute atomic E-state index is 12.3. The Kier molecular flexibility index (Phi) is 4.29. The minimum absolute atomic E-state index is 0.0257. The zero-order chi connectivity index (χ0) is 20.1. The van der Waals surface area contributed by atoms with E-state index in [0.29, 0.717) is 18.1 Å². The van der Waals surface area contributed by atoms with E-state index in [1.165, 1.54) is 5.56 Å². The van der Waals surface area contributed by atoms with Gasteiger partial charge in [-0.25, -0.2) is 14.8 Å². The molecule has 0 radical (unpaired) electrons. The van der Waals surface area contributed by atoms with E-state index in [2.05, 4.69) is 25.5 Å². The zero-order valence-corrected chi connectivity index (χ0v) is 17.4. The highest BCUT2D eigenvalue weighted by atomic mass is 35.5. The van der Waals surface area contributed by atoms with Gasteiger partial charge in [0.2, 0.25) is 0 Å². The van der Waals surface area contributed by atoms with Crippen LogP contribution < -0.4 is 5.32 Å². The summed E-state index contributed by atoms with van der Waals surface area (Å²) in [5.74, 6) is 0.727. The number of H-pyrrole nitrogens is 1. The molecular weight excluding hydrogens is 410 g/mol. The standard InChI is InChI=1S/C19H18ClN7OS/c1-26(2)19(28)27-4-3-11-15(8-27)29-18-16(11)17(21-9-22-18)24-14-5-10-7-23-25-13(10)6-12(14)20/h5-7,9H,3-4,8H2,1-2H3,(H,23,25)(H,21,22,24). The van der Waals surface area contributed by atoms with Crippen molar-refractivity contribution in [3.05, 3.63) is 40.1 Å². The fourth-order valence-corrected chi connectivity index (χ4v) is 5.07. The van der Waals surface area contributed by atoms with Gasteiger partial charge in [-0.3, -0.25) is 5.10 Å². The molecule has 0 saturated carbocycles. The number of aromatic amines is 1. The lowest BCUT2D eigenvalue weighted by atomic mass is 10.1. The second-order valence-electron chi connectivity index (χ2n) is 7.17. The molecule has 10 heteroatoms. The van der Waals surface area contributed by atoms with Gasteiger partial charge in [-0.2, -0.15) is 5.10 Å². The molecule has 0 fully saturated rings. The smallest absolute Gasteiger partial charge is 0.319 e. The molecule has 1 aromatic carbocycles. The number of aromatic nitrogens is 4. The summed E-state index contributed by atoms with van der Waals surface area (Å²) in [4.78, 5) is 26.8. The van der Waals surface area contributed by atoms with Gasteiger partial charge >= 0.3 is 6.03 Å². The Morgan fingerprint density at radius 3 is 3.03 bits per heavy atom. The topological polar surface area (TPSA) is 90.0 Å². The Bertz CT molecular complexity index is 1250. The van der Waals surface area contributed by atoms with Gasteiger partial charge in [-0.05, 0) is 24.1 Å². The van der Waals surface area contributed by atoms with Gasteiger partial charge in [0.25, 0.3) is 0 Å². The van der Waals surface area contributed by atoms with Crippen LogP contribution in [0.4, 0.5) is 16.3 Å². The molecule has 29 heavy (non-hydrogen) atoms. The molecule has 4 aromatic rings. The Morgan fingerprint density at radius 1 is 1.34 bits per heavy atom. The largest absolute Gasteiger partial charge is 0.338 e. The number of fused-ring (bicyclic) bond motifs is 4. The molecular formula is C19H18ClN7OS. The van der Waals surface area contributed by atoms with E-state index < -0.39 is 0 Å². The number of hydrogen-bond donors (Lipinski definition) is 2. The summed E-state index contributed by atoms with van der Waals surface area (Å²) in [5, 5.41) is 12.9. The molecule has 0 aliphatic carbocycles. The third-order valence-corrected chi connectivity index (χ3v) is 6.51. The van der Waals surface area contributed by atoms with Crippen LogP contribution in [0.1, 0.15) is 10.4 Å². The minimum atomic E-state index is 0.0257. The number of halogens is 1. The van der Waals surface area contributed by atoms with Crippen molar-refractivity contribution >= 4 is 61.6 Å². The van der Waals surface area contributed by atoms with Crippen LogP contribution in [0, 0.1) is 0 Å². The SMILES string of the molecule is CN(C)C(=O)N1CCc2c(sc3ncnc(Nc4cc5cn[nH]c5cc4Cl)c23)C1. The van der Waals surface area contributed by atoms with Gasteiger partial charge in [0.15, 0.2) is 0 Å². The van der Waals surface area contributed by atoms with E-state index in [-0.39, 0.29) is 6.03 Å². The number of rotatable bonds is 2. The summed E-state index contributed by atoms with van der Waals surface area (Å²) >= 11 is 8.08. The lowest BCUT2D eigenvalue weighted by molar-refractivity contribution is 0.166. The van der Waals surface area contributed by atoms with Crippen LogP contribution in [0.25, 0.3) is 21.1 Å². The van der Waals surface area contributed by atoms with Crippen LogP contribution in [0.5, 0.6) is 0 Å². The molecule has 4 heterocycles. The predicted molar refractivity (Wildman–Crippen MR) is 115 cm³/mol. The maximum atomic E-state index is 12.3. The quantitative estimate of drug-likeness (QED) is 0.504. The summed E-state index contributed by atoms with van der Waals surface area (Å²) in [6.45, 7) is 1.26. The highest BCUT2D eigenvalue weighted by Crippen LogP contribution is 2.39. The first kappa shape index (κ1) is 18.1. The molecule has 0 saturated heterocycles. The third-order valence-electron chi connectivity index (χ3n) is 5.07. The normalized spacial score (nSPS) is 13.7. The summed E-state index contributed by atoms with van der Waals surface area (Å²) in [7, 11) is 3.55. The summed E-state index contributed by atoms with van der Waals surface area (Å²) in [5.41, 5.74) is 2.85. The van der Waals surface area contributed by atoms with Crippen molar-refractivity contribution in [3.8, 4) is 0 Å². The maximum Gasteiger partial charge on any atom is 0.319 e. The van der Waals surface area contributed by atoms with Crippen molar-refractivity contribution in [1.29, 1.82) is 0 Å². The number of benzene rings is 1. The van der Waals surface area contributed by atoms with E-state index in [0.717, 1.165) is 43.9 Å². The number of carbonyl (C=O) groups excluding carboxylic acids is 1. The lowest BCUT2D eigenvalue weighted by Gasteiger charge is -2.29. The Labute approximate surface area is 175 Å². The number of urea groups is 1. The monoisotopic (exact) mass is 427 g/mol. The van der Waals surface area contributed by atoms with Crippen molar-refractivity contribution in [2.45, 2.75) is 13.0 Å². The molecule has 0 atom stereocenters. The second kappa shape index (κ2) is 6.85. The summed E-state index contributed by atoms with van der Waals surface area (Å²) in [6, 6.07) is 3.82. The van der Waals surface area contributed by atoms with Crippen molar-refractivity contribution in [2.75, 3.05) is 26.0 Å². The van der Waals surface area contributed by atoms with E-state index in [9.17, 15) is 4.79 Å². The molecule has 148 valence electrons. The molecule has 5 rings (SSSR count). The van der Waals surface area contributed by atoms with Crippen LogP contribution in [-0.2, 0) is 13.0 Å². The minimum Gasteiger partial charge on any atom is -0.338 e. The Hall–Kier alpha value is -2.91. The number of nitrogens with one attached hydrogen (secondary N) is 2. The Balaban J connectivity index is 1.54. The number of amides is 2. The average molecular weight is 428 g/mol. The van der Waals surface area contributed by atoms with Gasteiger partial charge in [-0.15, -0.1) is 11.3 Å². The van der Waals surface area contributed by atoms with E-state index in [4.69, 9.17) is 11.6 Å². The number of anilines is 2. The molecule has 0 spiro atoms. The fraction of sp³-hybridized carbons (Fsp3) is 0.263. The van der Waals surface area contributed by atoms with Gasteiger partial charge in [0, 0.05) is 30.9 Å². The molecule has 2 N–H and O–H groups in total. The third kappa shape index (κ3) is 3.06. The molecule has 1 aliphatic rings. The van der Waals surface area contributed by atoms with Crippen molar-refractivity contribution < 1.29 is 4.79 Å². The van der Waals surface area contributed by atoms with Crippen molar-refractivity contribution in [1.82, 2.24) is 30.0 Å². The number of nitrogens with zero attached hydrogens (tertiary/aromatic N) is 5. The summed E-state index contributed by atoms with van der Waals surface area (Å²) in [6.07, 6.45) is 4.08. The van der Waals surface area contributed by atoms with Crippen LogP contribution >= 0.6 is 22.9 Å². The van der Waals surface area contributed by atoms with E-state index >= 15 is 0 Å². The highest BCUT2D eigenvalue weighted by Gasteiger charge is 2.27. The van der Waals surface area contributed by atoms with Crippen LogP contribution in [0.15, 0.2) is 24.7 Å². The van der Waals surface area contributed by atoms with Crippen LogP contribution in [-0.4, -0.2) is 56.6 Å². The van der Waals surface area contributed by atoms with Crippen LogP contribution in [0.2, 0.25) is 5.02 Å².